The summed E-state index contributed by atoms with van der Waals surface area (Å²) in [7, 11) is 1.45. The first-order valence-electron chi connectivity index (χ1n) is 11.1. The molecular formula is C26H34O5. The molecule has 5 heteroatoms. The standard InChI is InChI=1S/C26H34O5/c1-17(2)21-10-6-18(3)26(4,22(21)11-13-24(27)29-5)14-15-30-20-9-7-19-8-12-25(28)31-23(19)16-20/h7-9,12,16,18,22H,6,10-11,13-15H2,1-5H3/t18-,22-,26+/m0/s1. The van der Waals surface area contributed by atoms with Crippen LogP contribution in [0.25, 0.3) is 11.0 Å². The van der Waals surface area contributed by atoms with Gasteiger partial charge in [0.1, 0.15) is 11.3 Å². The molecule has 0 aliphatic heterocycles. The Balaban J connectivity index is 1.76. The van der Waals surface area contributed by atoms with Crippen LogP contribution >= 0.6 is 0 Å². The molecule has 0 unspecified atom stereocenters. The normalized spacial score (nSPS) is 23.6. The third-order valence-electron chi connectivity index (χ3n) is 7.20. The first kappa shape index (κ1) is 23.1. The van der Waals surface area contributed by atoms with E-state index in [1.165, 1.54) is 24.3 Å². The van der Waals surface area contributed by atoms with E-state index in [1.807, 2.05) is 12.1 Å². The molecule has 0 saturated heterocycles. The molecule has 0 radical (unpaired) electrons. The van der Waals surface area contributed by atoms with E-state index in [0.29, 0.717) is 36.2 Å². The summed E-state index contributed by atoms with van der Waals surface area (Å²) in [6.45, 7) is 9.57. The topological polar surface area (TPSA) is 65.7 Å². The molecule has 2 aromatic rings. The van der Waals surface area contributed by atoms with Gasteiger partial charge in [0.15, 0.2) is 0 Å². The summed E-state index contributed by atoms with van der Waals surface area (Å²) < 4.78 is 16.3. The van der Waals surface area contributed by atoms with Gasteiger partial charge in [-0.2, -0.15) is 0 Å². The van der Waals surface area contributed by atoms with E-state index < -0.39 is 0 Å². The van der Waals surface area contributed by atoms with E-state index >= 15 is 0 Å². The van der Waals surface area contributed by atoms with Gasteiger partial charge in [0.25, 0.3) is 0 Å². The average molecular weight is 427 g/mol. The maximum Gasteiger partial charge on any atom is 0.336 e. The molecule has 0 amide bonds. The van der Waals surface area contributed by atoms with Crippen molar-refractivity contribution in [2.24, 2.45) is 17.3 Å². The second-order valence-electron chi connectivity index (χ2n) is 9.19. The van der Waals surface area contributed by atoms with E-state index in [4.69, 9.17) is 13.9 Å². The predicted octanol–water partition coefficient (Wildman–Crippen LogP) is 5.90. The molecule has 3 rings (SSSR count). The molecule has 1 heterocycles. The minimum atomic E-state index is -0.365. The van der Waals surface area contributed by atoms with Crippen LogP contribution in [0.3, 0.4) is 0 Å². The number of benzene rings is 1. The first-order chi connectivity index (χ1) is 14.7. The van der Waals surface area contributed by atoms with Crippen LogP contribution in [0, 0.1) is 17.3 Å². The van der Waals surface area contributed by atoms with Crippen molar-refractivity contribution in [1.29, 1.82) is 0 Å². The van der Waals surface area contributed by atoms with Crippen molar-refractivity contribution in [3.63, 3.8) is 0 Å². The number of esters is 1. The predicted molar refractivity (Wildman–Crippen MR) is 122 cm³/mol. The molecular weight excluding hydrogens is 392 g/mol. The van der Waals surface area contributed by atoms with E-state index in [2.05, 4.69) is 27.7 Å². The molecule has 168 valence electrons. The van der Waals surface area contributed by atoms with Crippen molar-refractivity contribution in [1.82, 2.24) is 0 Å². The lowest BCUT2D eigenvalue weighted by Crippen LogP contribution is -2.41. The fourth-order valence-electron chi connectivity index (χ4n) is 5.02. The fraction of sp³-hybridized carbons (Fsp3) is 0.538. The third kappa shape index (κ3) is 5.20. The number of rotatable bonds is 7. The highest BCUT2D eigenvalue weighted by Gasteiger charge is 2.44. The summed E-state index contributed by atoms with van der Waals surface area (Å²) in [4.78, 5) is 23.4. The Morgan fingerprint density at radius 3 is 2.68 bits per heavy atom. The number of ether oxygens (including phenoxy) is 2. The quantitative estimate of drug-likeness (QED) is 0.313. The Kier molecular flexibility index (Phi) is 7.24. The second-order valence-corrected chi connectivity index (χ2v) is 9.19. The second kappa shape index (κ2) is 9.71. The molecule has 1 fully saturated rings. The molecule has 5 nitrogen and oxygen atoms in total. The van der Waals surface area contributed by atoms with Gasteiger partial charge in [-0.25, -0.2) is 4.79 Å². The Morgan fingerprint density at radius 2 is 1.97 bits per heavy atom. The Labute approximate surface area is 184 Å². The van der Waals surface area contributed by atoms with Crippen molar-refractivity contribution < 1.29 is 18.7 Å². The Bertz CT molecular complexity index is 1010. The van der Waals surface area contributed by atoms with Crippen LogP contribution in [-0.2, 0) is 9.53 Å². The molecule has 0 N–H and O–H groups in total. The summed E-state index contributed by atoms with van der Waals surface area (Å²) in [5.74, 6) is 1.40. The molecule has 31 heavy (non-hydrogen) atoms. The summed E-state index contributed by atoms with van der Waals surface area (Å²) in [6.07, 6.45) is 4.36. The summed E-state index contributed by atoms with van der Waals surface area (Å²) >= 11 is 0. The maximum absolute atomic E-state index is 11.9. The van der Waals surface area contributed by atoms with Crippen LogP contribution in [0.5, 0.6) is 5.75 Å². The molecule has 1 aromatic carbocycles. The van der Waals surface area contributed by atoms with E-state index in [-0.39, 0.29) is 17.0 Å². The molecule has 3 atom stereocenters. The summed E-state index contributed by atoms with van der Waals surface area (Å²) in [6, 6.07) is 8.76. The van der Waals surface area contributed by atoms with Gasteiger partial charge in [-0.15, -0.1) is 0 Å². The summed E-state index contributed by atoms with van der Waals surface area (Å²) in [5, 5.41) is 0.871. The zero-order valence-corrected chi connectivity index (χ0v) is 19.3. The van der Waals surface area contributed by atoms with Gasteiger partial charge in [-0.05, 0) is 75.0 Å². The highest BCUT2D eigenvalue weighted by molar-refractivity contribution is 5.77. The van der Waals surface area contributed by atoms with Crippen molar-refractivity contribution in [3.8, 4) is 5.75 Å². The number of fused-ring (bicyclic) bond motifs is 1. The van der Waals surface area contributed by atoms with Gasteiger partial charge in [-0.1, -0.05) is 25.0 Å². The average Bonchev–Trinajstić information content (AvgIpc) is 2.74. The molecule has 0 bridgehead atoms. The smallest absolute Gasteiger partial charge is 0.336 e. The number of carbonyl (C=O) groups is 1. The maximum atomic E-state index is 11.9. The molecule has 1 aliphatic carbocycles. The zero-order chi connectivity index (χ0) is 22.6. The van der Waals surface area contributed by atoms with E-state index in [1.54, 1.807) is 12.1 Å². The van der Waals surface area contributed by atoms with Gasteiger partial charge >= 0.3 is 11.6 Å². The molecule has 1 aliphatic rings. The van der Waals surface area contributed by atoms with Crippen molar-refractivity contribution in [2.75, 3.05) is 13.7 Å². The number of hydrogen-bond acceptors (Lipinski definition) is 5. The third-order valence-corrected chi connectivity index (χ3v) is 7.20. The van der Waals surface area contributed by atoms with Crippen LogP contribution in [0.1, 0.15) is 59.8 Å². The van der Waals surface area contributed by atoms with Gasteiger partial charge < -0.3 is 13.9 Å². The molecule has 1 saturated carbocycles. The number of methoxy groups -OCH3 is 1. The van der Waals surface area contributed by atoms with E-state index in [9.17, 15) is 9.59 Å². The van der Waals surface area contributed by atoms with Crippen LogP contribution in [-0.4, -0.2) is 19.7 Å². The largest absolute Gasteiger partial charge is 0.493 e. The van der Waals surface area contributed by atoms with E-state index in [0.717, 1.165) is 31.1 Å². The first-order valence-corrected chi connectivity index (χ1v) is 11.1. The monoisotopic (exact) mass is 426 g/mol. The van der Waals surface area contributed by atoms with Crippen LogP contribution < -0.4 is 10.4 Å². The lowest BCUT2D eigenvalue weighted by molar-refractivity contribution is -0.141. The number of carbonyl (C=O) groups excluding carboxylic acids is 1. The number of allylic oxidation sites excluding steroid dienone is 2. The van der Waals surface area contributed by atoms with Gasteiger partial charge in [0.05, 0.1) is 13.7 Å². The lowest BCUT2D eigenvalue weighted by atomic mass is 9.57. The van der Waals surface area contributed by atoms with Gasteiger partial charge in [0, 0.05) is 23.9 Å². The van der Waals surface area contributed by atoms with Crippen molar-refractivity contribution in [2.45, 2.75) is 59.8 Å². The van der Waals surface area contributed by atoms with Crippen LogP contribution in [0.2, 0.25) is 0 Å². The highest BCUT2D eigenvalue weighted by atomic mass is 16.5. The van der Waals surface area contributed by atoms with Gasteiger partial charge in [0.2, 0.25) is 0 Å². The Morgan fingerprint density at radius 1 is 1.23 bits per heavy atom. The zero-order valence-electron chi connectivity index (χ0n) is 19.3. The Hall–Kier alpha value is -2.56. The molecule has 0 spiro atoms. The van der Waals surface area contributed by atoms with Crippen LogP contribution in [0.15, 0.2) is 50.7 Å². The molecule has 1 aromatic heterocycles. The SMILES string of the molecule is COC(=O)CC[C@H]1C(=C(C)C)CC[C@H](C)[C@@]1(C)CCOc1ccc2ccc(=O)oc2c1. The van der Waals surface area contributed by atoms with Crippen molar-refractivity contribution in [3.05, 3.63) is 51.9 Å². The fourth-order valence-corrected chi connectivity index (χ4v) is 5.02. The highest BCUT2D eigenvalue weighted by Crippen LogP contribution is 2.52. The van der Waals surface area contributed by atoms with Crippen LogP contribution in [0.4, 0.5) is 0 Å². The summed E-state index contributed by atoms with van der Waals surface area (Å²) in [5.41, 5.74) is 3.04. The number of hydrogen-bond donors (Lipinski definition) is 0. The minimum Gasteiger partial charge on any atom is -0.493 e. The minimum absolute atomic E-state index is 0.0300. The van der Waals surface area contributed by atoms with Crippen molar-refractivity contribution >= 4 is 16.9 Å². The van der Waals surface area contributed by atoms with Gasteiger partial charge in [-0.3, -0.25) is 4.79 Å². The lowest BCUT2D eigenvalue weighted by Gasteiger charge is -2.48.